The summed E-state index contributed by atoms with van der Waals surface area (Å²) in [5.41, 5.74) is 0.828. The first-order chi connectivity index (χ1) is 8.92. The minimum Gasteiger partial charge on any atom is -0.476 e. The van der Waals surface area contributed by atoms with E-state index in [0.717, 1.165) is 37.0 Å². The van der Waals surface area contributed by atoms with Crippen LogP contribution in [0.5, 0.6) is 0 Å². The molecule has 1 aromatic rings. The Morgan fingerprint density at radius 2 is 2.16 bits per heavy atom. The summed E-state index contributed by atoms with van der Waals surface area (Å²) >= 11 is 0.827. The lowest BCUT2D eigenvalue weighted by atomic mass is 10.0. The van der Waals surface area contributed by atoms with E-state index in [-0.39, 0.29) is 10.3 Å². The van der Waals surface area contributed by atoms with Crippen molar-refractivity contribution < 1.29 is 18.3 Å². The summed E-state index contributed by atoms with van der Waals surface area (Å²) in [6.45, 7) is 1.83. The first kappa shape index (κ1) is 14.4. The molecule has 0 amide bonds. The molecule has 1 heterocycles. The van der Waals surface area contributed by atoms with Gasteiger partial charge in [0, 0.05) is 6.04 Å². The van der Waals surface area contributed by atoms with Crippen LogP contribution in [0.2, 0.25) is 0 Å². The number of nitrogens with one attached hydrogen (secondary N) is 1. The summed E-state index contributed by atoms with van der Waals surface area (Å²) in [4.78, 5) is 14.5. The van der Waals surface area contributed by atoms with Crippen LogP contribution in [0.4, 0.5) is 0 Å². The summed E-state index contributed by atoms with van der Waals surface area (Å²) in [7, 11) is -3.80. The first-order valence-electron chi connectivity index (χ1n) is 6.11. The van der Waals surface area contributed by atoms with Crippen LogP contribution in [0.3, 0.4) is 0 Å². The largest absolute Gasteiger partial charge is 0.476 e. The molecule has 8 heteroatoms. The van der Waals surface area contributed by atoms with Crippen molar-refractivity contribution in [3.63, 3.8) is 0 Å². The molecule has 19 heavy (non-hydrogen) atoms. The van der Waals surface area contributed by atoms with E-state index in [2.05, 4.69) is 9.71 Å². The molecule has 1 aliphatic rings. The van der Waals surface area contributed by atoms with Crippen LogP contribution in [0.1, 0.15) is 43.1 Å². The van der Waals surface area contributed by atoms with E-state index in [1.807, 2.05) is 6.92 Å². The van der Waals surface area contributed by atoms with Gasteiger partial charge >= 0.3 is 5.97 Å². The maximum Gasteiger partial charge on any atom is 0.356 e. The highest BCUT2D eigenvalue weighted by Crippen LogP contribution is 2.29. The number of carboxylic acid groups (broad SMARTS) is 1. The van der Waals surface area contributed by atoms with Crippen molar-refractivity contribution in [3.8, 4) is 0 Å². The molecule has 1 aromatic heterocycles. The van der Waals surface area contributed by atoms with Gasteiger partial charge in [-0.1, -0.05) is 12.8 Å². The number of rotatable bonds is 5. The van der Waals surface area contributed by atoms with E-state index in [1.54, 1.807) is 0 Å². The van der Waals surface area contributed by atoms with Crippen molar-refractivity contribution in [2.24, 2.45) is 5.92 Å². The number of sulfonamides is 1. The Morgan fingerprint density at radius 1 is 1.53 bits per heavy atom. The predicted molar refractivity (Wildman–Crippen MR) is 70.8 cm³/mol. The molecule has 1 atom stereocenters. The third kappa shape index (κ3) is 3.13. The van der Waals surface area contributed by atoms with Gasteiger partial charge in [-0.05, 0) is 25.7 Å². The molecule has 6 nitrogen and oxygen atoms in total. The molecule has 1 aliphatic carbocycles. The maximum atomic E-state index is 12.2. The van der Waals surface area contributed by atoms with Gasteiger partial charge in [0.15, 0.2) is 9.90 Å². The number of nitrogens with zero attached hydrogens (tertiary/aromatic N) is 1. The van der Waals surface area contributed by atoms with E-state index in [1.165, 1.54) is 5.51 Å². The minimum atomic E-state index is -3.80. The minimum absolute atomic E-state index is 0.184. The molecule has 0 unspecified atom stereocenters. The van der Waals surface area contributed by atoms with Crippen molar-refractivity contribution in [1.29, 1.82) is 0 Å². The quantitative estimate of drug-likeness (QED) is 0.863. The predicted octanol–water partition coefficient (Wildman–Crippen LogP) is 1.70. The molecule has 2 rings (SSSR count). The van der Waals surface area contributed by atoms with Gasteiger partial charge in [0.25, 0.3) is 10.0 Å². The lowest BCUT2D eigenvalue weighted by Crippen LogP contribution is -2.37. The fourth-order valence-electron chi connectivity index (χ4n) is 2.42. The van der Waals surface area contributed by atoms with Gasteiger partial charge in [0.05, 0.1) is 5.51 Å². The molecule has 0 aliphatic heterocycles. The SMILES string of the molecule is C[C@H](NS(=O)(=O)c1scnc1C(=O)O)C1CCCC1. The van der Waals surface area contributed by atoms with Crippen LogP contribution in [0.15, 0.2) is 9.72 Å². The second-order valence-corrected chi connectivity index (χ2v) is 7.51. The van der Waals surface area contributed by atoms with E-state index in [9.17, 15) is 13.2 Å². The number of hydrogen-bond acceptors (Lipinski definition) is 5. The Labute approximate surface area is 115 Å². The monoisotopic (exact) mass is 304 g/mol. The van der Waals surface area contributed by atoms with Crippen LogP contribution in [-0.4, -0.2) is 30.5 Å². The van der Waals surface area contributed by atoms with E-state index in [0.29, 0.717) is 5.92 Å². The highest BCUT2D eigenvalue weighted by atomic mass is 32.2. The fourth-order valence-corrected chi connectivity index (χ4v) is 4.89. The molecular formula is C11H16N2O4S2. The van der Waals surface area contributed by atoms with Gasteiger partial charge < -0.3 is 5.11 Å². The van der Waals surface area contributed by atoms with E-state index >= 15 is 0 Å². The number of aromatic nitrogens is 1. The molecule has 0 saturated heterocycles. The van der Waals surface area contributed by atoms with Gasteiger partial charge in [0.2, 0.25) is 0 Å². The number of carboxylic acids is 1. The van der Waals surface area contributed by atoms with Crippen LogP contribution < -0.4 is 4.72 Å². The molecule has 0 aromatic carbocycles. The summed E-state index contributed by atoms with van der Waals surface area (Å²) in [6.07, 6.45) is 4.27. The third-order valence-electron chi connectivity index (χ3n) is 3.43. The number of carbonyl (C=O) groups is 1. The fraction of sp³-hybridized carbons (Fsp3) is 0.636. The lowest BCUT2D eigenvalue weighted by Gasteiger charge is -2.19. The van der Waals surface area contributed by atoms with Crippen LogP contribution in [0, 0.1) is 5.92 Å². The van der Waals surface area contributed by atoms with Crippen LogP contribution in [0.25, 0.3) is 0 Å². The van der Waals surface area contributed by atoms with Crippen LogP contribution >= 0.6 is 11.3 Å². The van der Waals surface area contributed by atoms with Crippen LogP contribution in [-0.2, 0) is 10.0 Å². The van der Waals surface area contributed by atoms with Crippen molar-refractivity contribution in [2.45, 2.75) is 42.9 Å². The molecule has 0 radical (unpaired) electrons. The highest BCUT2D eigenvalue weighted by molar-refractivity contribution is 7.91. The second kappa shape index (κ2) is 5.56. The Balaban J connectivity index is 2.17. The average Bonchev–Trinajstić information content (AvgIpc) is 3.00. The van der Waals surface area contributed by atoms with E-state index in [4.69, 9.17) is 5.11 Å². The lowest BCUT2D eigenvalue weighted by molar-refractivity contribution is 0.0687. The standard InChI is InChI=1S/C11H16N2O4S2/c1-7(8-4-2-3-5-8)13-19(16,17)11-9(10(14)15)12-6-18-11/h6-8,13H,2-5H2,1H3,(H,14,15)/t7-/m0/s1. The average molecular weight is 304 g/mol. The van der Waals surface area contributed by atoms with Gasteiger partial charge in [-0.15, -0.1) is 11.3 Å². The molecule has 106 valence electrons. The summed E-state index contributed by atoms with van der Waals surface area (Å²) < 4.78 is 26.7. The Bertz CT molecular complexity index is 561. The number of hydrogen-bond donors (Lipinski definition) is 2. The summed E-state index contributed by atoms with van der Waals surface area (Å²) in [6, 6.07) is -0.184. The van der Waals surface area contributed by atoms with Crippen molar-refractivity contribution in [2.75, 3.05) is 0 Å². The van der Waals surface area contributed by atoms with Crippen molar-refractivity contribution >= 4 is 27.3 Å². The smallest absolute Gasteiger partial charge is 0.356 e. The summed E-state index contributed by atoms with van der Waals surface area (Å²) in [5.74, 6) is -0.994. The van der Waals surface area contributed by atoms with Gasteiger partial charge in [0.1, 0.15) is 0 Å². The molecule has 1 fully saturated rings. The van der Waals surface area contributed by atoms with Crippen molar-refractivity contribution in [3.05, 3.63) is 11.2 Å². The molecule has 0 spiro atoms. The zero-order valence-corrected chi connectivity index (χ0v) is 12.1. The normalized spacial score (nSPS) is 18.6. The van der Waals surface area contributed by atoms with Gasteiger partial charge in [-0.25, -0.2) is 22.9 Å². The number of thiazole rings is 1. The first-order valence-corrected chi connectivity index (χ1v) is 8.47. The van der Waals surface area contributed by atoms with Gasteiger partial charge in [-0.3, -0.25) is 0 Å². The molecule has 2 N–H and O–H groups in total. The zero-order valence-electron chi connectivity index (χ0n) is 10.5. The van der Waals surface area contributed by atoms with Crippen molar-refractivity contribution in [1.82, 2.24) is 9.71 Å². The Kier molecular flexibility index (Phi) is 4.22. The topological polar surface area (TPSA) is 96.4 Å². The maximum absolute atomic E-state index is 12.2. The highest BCUT2D eigenvalue weighted by Gasteiger charge is 2.30. The molecule has 0 bridgehead atoms. The summed E-state index contributed by atoms with van der Waals surface area (Å²) in [5, 5.41) is 8.92. The molecular weight excluding hydrogens is 288 g/mol. The Hall–Kier alpha value is -0.990. The van der Waals surface area contributed by atoms with Gasteiger partial charge in [-0.2, -0.15) is 0 Å². The number of aromatic carboxylic acids is 1. The zero-order chi connectivity index (χ0) is 14.0. The Morgan fingerprint density at radius 3 is 2.74 bits per heavy atom. The second-order valence-electron chi connectivity index (χ2n) is 4.75. The molecule has 1 saturated carbocycles. The third-order valence-corrected chi connectivity index (χ3v) is 6.36. The van der Waals surface area contributed by atoms with E-state index < -0.39 is 21.7 Å².